The third-order valence-corrected chi connectivity index (χ3v) is 4.45. The van der Waals surface area contributed by atoms with Crippen molar-refractivity contribution in [3.05, 3.63) is 59.4 Å². The quantitative estimate of drug-likeness (QED) is 0.375. The summed E-state index contributed by atoms with van der Waals surface area (Å²) in [5.41, 5.74) is 3.12. The van der Waals surface area contributed by atoms with E-state index in [1.165, 1.54) is 39.0 Å². The number of Topliss-reactive ketones (excluding diaryl/α,β-unsaturated/α-hetero) is 1. The first-order valence-electron chi connectivity index (χ1n) is 9.01. The maximum atomic E-state index is 14.4. The van der Waals surface area contributed by atoms with E-state index in [1.807, 2.05) is 24.3 Å². The van der Waals surface area contributed by atoms with Gasteiger partial charge in [-0.05, 0) is 37.0 Å². The molecule has 0 bridgehead atoms. The minimum atomic E-state index is -0.186. The first kappa shape index (κ1) is 18.4. The summed E-state index contributed by atoms with van der Waals surface area (Å²) >= 11 is 0. The Balaban J connectivity index is 1.95. The molecule has 0 saturated carbocycles. The summed E-state index contributed by atoms with van der Waals surface area (Å²) in [5.74, 6) is -0.162. The number of aryl methyl sites for hydroxylation is 1. The fourth-order valence-corrected chi connectivity index (χ4v) is 2.94. The van der Waals surface area contributed by atoms with E-state index in [0.717, 1.165) is 24.0 Å². The third kappa shape index (κ3) is 5.30. The number of hydrogen-bond donors (Lipinski definition) is 0. The van der Waals surface area contributed by atoms with Crippen LogP contribution in [0.2, 0.25) is 0 Å². The molecule has 0 fully saturated rings. The average Bonchev–Trinajstić information content (AvgIpc) is 2.58. The first-order valence-corrected chi connectivity index (χ1v) is 9.01. The minimum absolute atomic E-state index is 0.0244. The molecule has 0 N–H and O–H groups in total. The average molecular weight is 326 g/mol. The summed E-state index contributed by atoms with van der Waals surface area (Å²) in [6, 6.07) is 12.6. The topological polar surface area (TPSA) is 17.1 Å². The van der Waals surface area contributed by atoms with Gasteiger partial charge in [0.2, 0.25) is 0 Å². The van der Waals surface area contributed by atoms with Crippen LogP contribution in [0.4, 0.5) is 4.39 Å². The van der Waals surface area contributed by atoms with Gasteiger partial charge in [-0.15, -0.1) is 0 Å². The van der Waals surface area contributed by atoms with Crippen LogP contribution in [0.5, 0.6) is 0 Å². The number of hydrogen-bond acceptors (Lipinski definition) is 1. The van der Waals surface area contributed by atoms with Crippen molar-refractivity contribution in [1.82, 2.24) is 0 Å². The number of ketones is 1. The van der Waals surface area contributed by atoms with Gasteiger partial charge in [-0.1, -0.05) is 75.4 Å². The van der Waals surface area contributed by atoms with Crippen molar-refractivity contribution in [3.8, 4) is 11.1 Å². The van der Waals surface area contributed by atoms with E-state index >= 15 is 0 Å². The fourth-order valence-electron chi connectivity index (χ4n) is 2.94. The molecule has 2 aromatic rings. The molecule has 0 atom stereocenters. The minimum Gasteiger partial charge on any atom is -0.295 e. The molecule has 2 rings (SSSR count). The fraction of sp³-hybridized carbons (Fsp3) is 0.409. The summed E-state index contributed by atoms with van der Waals surface area (Å²) in [6.45, 7) is 3.75. The van der Waals surface area contributed by atoms with Gasteiger partial charge in [-0.3, -0.25) is 4.79 Å². The van der Waals surface area contributed by atoms with Crippen molar-refractivity contribution >= 4 is 5.78 Å². The van der Waals surface area contributed by atoms with Crippen LogP contribution in [-0.4, -0.2) is 5.78 Å². The second-order valence-corrected chi connectivity index (χ2v) is 6.47. The SMILES string of the molecule is CCCCCCCCc1ccc(-c2ccc(C(C)=O)cc2)c(F)c1. The van der Waals surface area contributed by atoms with Crippen LogP contribution in [0.1, 0.15) is 68.3 Å². The largest absolute Gasteiger partial charge is 0.295 e. The van der Waals surface area contributed by atoms with E-state index in [4.69, 9.17) is 0 Å². The van der Waals surface area contributed by atoms with Gasteiger partial charge in [-0.2, -0.15) is 0 Å². The zero-order chi connectivity index (χ0) is 17.4. The van der Waals surface area contributed by atoms with Crippen LogP contribution in [0.3, 0.4) is 0 Å². The molecule has 2 heteroatoms. The van der Waals surface area contributed by atoms with Crippen LogP contribution < -0.4 is 0 Å². The molecule has 0 spiro atoms. The molecule has 0 saturated heterocycles. The third-order valence-electron chi connectivity index (χ3n) is 4.45. The van der Waals surface area contributed by atoms with E-state index in [1.54, 1.807) is 18.2 Å². The lowest BCUT2D eigenvalue weighted by atomic mass is 9.99. The lowest BCUT2D eigenvalue weighted by molar-refractivity contribution is 0.101. The molecule has 0 aliphatic carbocycles. The van der Waals surface area contributed by atoms with Crippen molar-refractivity contribution in [2.45, 2.75) is 58.8 Å². The molecule has 0 aliphatic rings. The summed E-state index contributed by atoms with van der Waals surface area (Å²) in [6.07, 6.45) is 8.43. The number of carbonyl (C=O) groups is 1. The van der Waals surface area contributed by atoms with Gasteiger partial charge in [0.05, 0.1) is 0 Å². The summed E-state index contributed by atoms with van der Waals surface area (Å²) in [7, 11) is 0. The van der Waals surface area contributed by atoms with E-state index in [2.05, 4.69) is 6.92 Å². The first-order chi connectivity index (χ1) is 11.6. The molecule has 128 valence electrons. The molecule has 0 amide bonds. The molecule has 0 unspecified atom stereocenters. The van der Waals surface area contributed by atoms with Gasteiger partial charge in [0.25, 0.3) is 0 Å². The monoisotopic (exact) mass is 326 g/mol. The Hall–Kier alpha value is -1.96. The highest BCUT2D eigenvalue weighted by molar-refractivity contribution is 5.94. The molecule has 0 aromatic heterocycles. The van der Waals surface area contributed by atoms with Crippen molar-refractivity contribution in [3.63, 3.8) is 0 Å². The molecule has 1 nitrogen and oxygen atoms in total. The lowest BCUT2D eigenvalue weighted by Crippen LogP contribution is -1.93. The standard InChI is InChI=1S/C22H27FO/c1-3-4-5-6-7-8-9-18-10-15-21(22(23)16-18)20-13-11-19(12-14-20)17(2)24/h10-16H,3-9H2,1-2H3. The van der Waals surface area contributed by atoms with Crippen LogP contribution in [0.15, 0.2) is 42.5 Å². The second-order valence-electron chi connectivity index (χ2n) is 6.47. The summed E-state index contributed by atoms with van der Waals surface area (Å²) in [4.78, 5) is 11.3. The Bertz CT molecular complexity index is 658. The van der Waals surface area contributed by atoms with Gasteiger partial charge in [0.15, 0.2) is 5.78 Å². The van der Waals surface area contributed by atoms with Crippen LogP contribution in [0, 0.1) is 5.82 Å². The maximum Gasteiger partial charge on any atom is 0.159 e. The van der Waals surface area contributed by atoms with E-state index in [0.29, 0.717) is 11.1 Å². The van der Waals surface area contributed by atoms with Crippen LogP contribution in [-0.2, 0) is 6.42 Å². The lowest BCUT2D eigenvalue weighted by Gasteiger charge is -2.07. The summed E-state index contributed by atoms with van der Waals surface area (Å²) < 4.78 is 14.4. The van der Waals surface area contributed by atoms with Crippen molar-refractivity contribution < 1.29 is 9.18 Å². The van der Waals surface area contributed by atoms with Gasteiger partial charge < -0.3 is 0 Å². The van der Waals surface area contributed by atoms with Gasteiger partial charge in [-0.25, -0.2) is 4.39 Å². The highest BCUT2D eigenvalue weighted by atomic mass is 19.1. The molecule has 0 radical (unpaired) electrons. The zero-order valence-corrected chi connectivity index (χ0v) is 14.8. The molecular weight excluding hydrogens is 299 g/mol. The van der Waals surface area contributed by atoms with Gasteiger partial charge in [0.1, 0.15) is 5.82 Å². The van der Waals surface area contributed by atoms with Crippen LogP contribution in [0.25, 0.3) is 11.1 Å². The Morgan fingerprint density at radius 3 is 2.21 bits per heavy atom. The van der Waals surface area contributed by atoms with E-state index in [9.17, 15) is 9.18 Å². The number of rotatable bonds is 9. The zero-order valence-electron chi connectivity index (χ0n) is 14.8. The number of halogens is 1. The van der Waals surface area contributed by atoms with E-state index < -0.39 is 0 Å². The Kier molecular flexibility index (Phi) is 7.17. The Morgan fingerprint density at radius 1 is 0.917 bits per heavy atom. The van der Waals surface area contributed by atoms with Crippen molar-refractivity contribution in [2.75, 3.05) is 0 Å². The van der Waals surface area contributed by atoms with Crippen molar-refractivity contribution in [2.24, 2.45) is 0 Å². The predicted octanol–water partition coefficient (Wildman–Crippen LogP) is 6.60. The number of carbonyl (C=O) groups excluding carboxylic acids is 1. The normalized spacial score (nSPS) is 10.8. The van der Waals surface area contributed by atoms with Crippen LogP contribution >= 0.6 is 0 Å². The molecule has 24 heavy (non-hydrogen) atoms. The second kappa shape index (κ2) is 9.36. The number of unbranched alkanes of at least 4 members (excludes halogenated alkanes) is 5. The molecular formula is C22H27FO. The number of benzene rings is 2. The smallest absolute Gasteiger partial charge is 0.159 e. The van der Waals surface area contributed by atoms with Gasteiger partial charge >= 0.3 is 0 Å². The molecule has 2 aromatic carbocycles. The highest BCUT2D eigenvalue weighted by Gasteiger charge is 2.07. The Labute approximate surface area is 144 Å². The Morgan fingerprint density at radius 2 is 1.58 bits per heavy atom. The highest BCUT2D eigenvalue weighted by Crippen LogP contribution is 2.25. The maximum absolute atomic E-state index is 14.4. The van der Waals surface area contributed by atoms with Gasteiger partial charge in [0, 0.05) is 11.1 Å². The van der Waals surface area contributed by atoms with E-state index in [-0.39, 0.29) is 11.6 Å². The molecule has 0 heterocycles. The molecule has 0 aliphatic heterocycles. The van der Waals surface area contributed by atoms with Crippen molar-refractivity contribution in [1.29, 1.82) is 0 Å². The summed E-state index contributed by atoms with van der Waals surface area (Å²) in [5, 5.41) is 0. The predicted molar refractivity (Wildman–Crippen MR) is 98.9 cm³/mol.